The van der Waals surface area contributed by atoms with E-state index >= 15 is 0 Å². The van der Waals surface area contributed by atoms with Crippen molar-refractivity contribution in [1.29, 1.82) is 0 Å². The van der Waals surface area contributed by atoms with E-state index in [2.05, 4.69) is 39.6 Å². The van der Waals surface area contributed by atoms with Gasteiger partial charge in [-0.25, -0.2) is 0 Å². The van der Waals surface area contributed by atoms with Gasteiger partial charge in [0.05, 0.1) is 0 Å². The zero-order chi connectivity index (χ0) is 23.2. The quantitative estimate of drug-likeness (QED) is 0.690. The van der Waals surface area contributed by atoms with E-state index in [4.69, 9.17) is 0 Å². The lowest BCUT2D eigenvalue weighted by Crippen LogP contribution is -2.57. The minimum absolute atomic E-state index is 0.0347. The molecule has 0 spiro atoms. The number of carbonyl (C=O) groups excluding carboxylic acids is 2. The number of nitrogens with one attached hydrogen (secondary N) is 2. The smallest absolute Gasteiger partial charge is 0.247 e. The third kappa shape index (κ3) is 4.64. The van der Waals surface area contributed by atoms with Crippen molar-refractivity contribution in [2.75, 3.05) is 43.4 Å². The highest BCUT2D eigenvalue weighted by molar-refractivity contribution is 5.98. The van der Waals surface area contributed by atoms with Gasteiger partial charge in [0.2, 0.25) is 11.8 Å². The van der Waals surface area contributed by atoms with Gasteiger partial charge in [-0.3, -0.25) is 9.59 Å². The Labute approximate surface area is 198 Å². The Morgan fingerprint density at radius 2 is 1.45 bits per heavy atom. The Kier molecular flexibility index (Phi) is 6.15. The first kappa shape index (κ1) is 22.7. The zero-order valence-corrected chi connectivity index (χ0v) is 20.5. The monoisotopic (exact) mass is 452 g/mol. The summed E-state index contributed by atoms with van der Waals surface area (Å²) in [6.45, 7) is 8.21. The lowest BCUT2D eigenvalue weighted by molar-refractivity contribution is -0.148. The average molecular weight is 453 g/mol. The Balaban J connectivity index is 1.22. The molecule has 1 unspecified atom stereocenters. The fourth-order valence-corrected chi connectivity index (χ4v) is 7.26. The molecule has 2 N–H and O–H groups in total. The van der Waals surface area contributed by atoms with E-state index in [-0.39, 0.29) is 23.1 Å². The highest BCUT2D eigenvalue weighted by Gasteiger charge is 2.55. The first-order valence-electron chi connectivity index (χ1n) is 13.0. The molecular formula is C27H40N4O2. The van der Waals surface area contributed by atoms with E-state index in [1.807, 2.05) is 26.0 Å². The maximum Gasteiger partial charge on any atom is 0.247 e. The summed E-state index contributed by atoms with van der Waals surface area (Å²) in [5.41, 5.74) is 1.75. The van der Waals surface area contributed by atoms with Crippen LogP contribution in [0.2, 0.25) is 0 Å². The van der Waals surface area contributed by atoms with Crippen LogP contribution in [-0.4, -0.2) is 56.0 Å². The van der Waals surface area contributed by atoms with Gasteiger partial charge in [-0.05, 0) is 93.5 Å². The normalized spacial score (nSPS) is 32.1. The molecule has 1 aliphatic heterocycles. The van der Waals surface area contributed by atoms with Crippen LogP contribution in [0.15, 0.2) is 24.3 Å². The first-order valence-corrected chi connectivity index (χ1v) is 13.0. The van der Waals surface area contributed by atoms with Crippen LogP contribution in [0, 0.1) is 29.1 Å². The van der Waals surface area contributed by atoms with E-state index in [9.17, 15) is 9.59 Å². The molecule has 5 aliphatic rings. The molecule has 5 fully saturated rings. The number of piperazine rings is 1. The lowest BCUT2D eigenvalue weighted by Gasteiger charge is -2.55. The average Bonchev–Trinajstić information content (AvgIpc) is 2.77. The molecular weight excluding hydrogens is 412 g/mol. The van der Waals surface area contributed by atoms with Crippen molar-refractivity contribution in [3.63, 3.8) is 0 Å². The van der Waals surface area contributed by atoms with Crippen molar-refractivity contribution in [2.45, 2.75) is 58.4 Å². The van der Waals surface area contributed by atoms with E-state index in [1.165, 1.54) is 24.9 Å². The molecule has 2 amide bonds. The van der Waals surface area contributed by atoms with Gasteiger partial charge in [-0.1, -0.05) is 13.8 Å². The Morgan fingerprint density at radius 3 is 1.97 bits per heavy atom. The predicted octanol–water partition coefficient (Wildman–Crippen LogP) is 3.73. The van der Waals surface area contributed by atoms with E-state index in [0.717, 1.165) is 51.1 Å². The number of anilines is 2. The summed E-state index contributed by atoms with van der Waals surface area (Å²) in [5, 5.41) is 6.26. The molecule has 1 aromatic carbocycles. The molecule has 0 aromatic heterocycles. The maximum atomic E-state index is 13.5. The van der Waals surface area contributed by atoms with Crippen molar-refractivity contribution in [2.24, 2.45) is 29.1 Å². The van der Waals surface area contributed by atoms with Crippen molar-refractivity contribution in [3.8, 4) is 0 Å². The number of carbonyl (C=O) groups is 2. The molecule has 1 aromatic rings. The van der Waals surface area contributed by atoms with Crippen LogP contribution >= 0.6 is 0 Å². The lowest BCUT2D eigenvalue weighted by atomic mass is 9.49. The van der Waals surface area contributed by atoms with Crippen LogP contribution in [0.5, 0.6) is 0 Å². The first-order chi connectivity index (χ1) is 15.8. The number of nitrogens with zero attached hydrogens (tertiary/aromatic N) is 2. The Bertz CT molecular complexity index is 837. The molecule has 4 aliphatic carbocycles. The van der Waals surface area contributed by atoms with Gasteiger partial charge in [0, 0.05) is 43.0 Å². The Hall–Kier alpha value is -2.08. The summed E-state index contributed by atoms with van der Waals surface area (Å²) in [6, 6.07) is 7.61. The second-order valence-electron chi connectivity index (χ2n) is 11.7. The fourth-order valence-electron chi connectivity index (χ4n) is 7.26. The number of amides is 2. The molecule has 33 heavy (non-hydrogen) atoms. The maximum absolute atomic E-state index is 13.5. The molecule has 1 atom stereocenters. The van der Waals surface area contributed by atoms with Crippen molar-refractivity contribution < 1.29 is 9.59 Å². The van der Waals surface area contributed by atoms with Crippen LogP contribution in [-0.2, 0) is 9.59 Å². The summed E-state index contributed by atoms with van der Waals surface area (Å²) in [6.07, 6.45) is 6.99. The molecule has 0 radical (unpaired) electrons. The van der Waals surface area contributed by atoms with Gasteiger partial charge in [-0.15, -0.1) is 0 Å². The number of hydrogen-bond acceptors (Lipinski definition) is 4. The van der Waals surface area contributed by atoms with Gasteiger partial charge in [0.25, 0.3) is 0 Å². The van der Waals surface area contributed by atoms with Crippen molar-refractivity contribution >= 4 is 23.2 Å². The topological polar surface area (TPSA) is 64.7 Å². The number of hydrogen-bond donors (Lipinski definition) is 2. The standard InChI is InChI=1S/C27H40N4O2/c1-18(2)24(29-26(33)27-15-19-12-20(16-27)14-21(13-19)17-27)25(32)28-22-4-6-23(7-5-22)31-10-8-30(3)9-11-31/h4-7,18-21,24H,8-17H2,1-3H3,(H,28,32)(H,29,33). The highest BCUT2D eigenvalue weighted by Crippen LogP contribution is 2.60. The summed E-state index contributed by atoms with van der Waals surface area (Å²) < 4.78 is 0. The molecule has 4 saturated carbocycles. The molecule has 1 saturated heterocycles. The molecule has 6 heteroatoms. The van der Waals surface area contributed by atoms with E-state index < -0.39 is 6.04 Å². The third-order valence-electron chi connectivity index (χ3n) is 8.76. The molecule has 180 valence electrons. The third-order valence-corrected chi connectivity index (χ3v) is 8.76. The van der Waals surface area contributed by atoms with E-state index in [0.29, 0.717) is 17.8 Å². The van der Waals surface area contributed by atoms with Gasteiger partial charge in [0.1, 0.15) is 6.04 Å². The van der Waals surface area contributed by atoms with Crippen molar-refractivity contribution in [3.05, 3.63) is 24.3 Å². The molecule has 6 rings (SSSR count). The van der Waals surface area contributed by atoms with Crippen LogP contribution < -0.4 is 15.5 Å². The largest absolute Gasteiger partial charge is 0.369 e. The zero-order valence-electron chi connectivity index (χ0n) is 20.5. The molecule has 6 nitrogen and oxygen atoms in total. The van der Waals surface area contributed by atoms with Gasteiger partial charge < -0.3 is 20.4 Å². The summed E-state index contributed by atoms with van der Waals surface area (Å²) in [5.74, 6) is 2.19. The van der Waals surface area contributed by atoms with Crippen molar-refractivity contribution in [1.82, 2.24) is 10.2 Å². The molecule has 1 heterocycles. The van der Waals surface area contributed by atoms with Crippen LogP contribution in [0.1, 0.15) is 52.4 Å². The minimum atomic E-state index is -0.511. The number of likely N-dealkylation sites (N-methyl/N-ethyl adjacent to an activating group) is 1. The fraction of sp³-hybridized carbons (Fsp3) is 0.704. The van der Waals surface area contributed by atoms with Crippen LogP contribution in [0.3, 0.4) is 0 Å². The van der Waals surface area contributed by atoms with Crippen LogP contribution in [0.4, 0.5) is 11.4 Å². The minimum Gasteiger partial charge on any atom is -0.369 e. The SMILES string of the molecule is CC(C)C(NC(=O)C12CC3CC(CC(C3)C1)C2)C(=O)Nc1ccc(N2CCN(C)CC2)cc1. The van der Waals surface area contributed by atoms with Crippen LogP contribution in [0.25, 0.3) is 0 Å². The summed E-state index contributed by atoms with van der Waals surface area (Å²) in [7, 11) is 2.16. The number of benzene rings is 1. The highest BCUT2D eigenvalue weighted by atomic mass is 16.2. The predicted molar refractivity (Wildman–Crippen MR) is 132 cm³/mol. The second-order valence-corrected chi connectivity index (χ2v) is 11.7. The molecule has 4 bridgehead atoms. The number of rotatable bonds is 6. The second kappa shape index (κ2) is 8.94. The van der Waals surface area contributed by atoms with Gasteiger partial charge >= 0.3 is 0 Å². The Morgan fingerprint density at radius 1 is 0.909 bits per heavy atom. The van der Waals surface area contributed by atoms with Gasteiger partial charge in [-0.2, -0.15) is 0 Å². The summed E-state index contributed by atoms with van der Waals surface area (Å²) >= 11 is 0. The van der Waals surface area contributed by atoms with Gasteiger partial charge in [0.15, 0.2) is 0 Å². The van der Waals surface area contributed by atoms with E-state index in [1.54, 1.807) is 0 Å². The summed E-state index contributed by atoms with van der Waals surface area (Å²) in [4.78, 5) is 31.4.